The Hall–Kier alpha value is -3.41. The van der Waals surface area contributed by atoms with E-state index in [1.54, 1.807) is 13.1 Å². The lowest BCUT2D eigenvalue weighted by molar-refractivity contribution is 0.306. The highest BCUT2D eigenvalue weighted by Crippen LogP contribution is 2.18. The standard InChI is InChI=1S/C20H20N4O2/c1-14-7-9-16(10-8-14)13-26-18-6-4-3-5-17(18)12-21-24-20-22-15(2)11-19(25)23-20/h3-12H,13H2,1-2H3,(H2,22,23,24,25)/b21-12-. The van der Waals surface area contributed by atoms with Crippen molar-refractivity contribution in [3.05, 3.63) is 87.3 Å². The number of hydrogen-bond acceptors (Lipinski definition) is 5. The van der Waals surface area contributed by atoms with Crippen LogP contribution in [0, 0.1) is 13.8 Å². The predicted octanol–water partition coefficient (Wildman–Crippen LogP) is 3.41. The number of anilines is 1. The molecule has 0 atom stereocenters. The number of nitrogens with one attached hydrogen (secondary N) is 2. The van der Waals surface area contributed by atoms with Gasteiger partial charge in [-0.2, -0.15) is 5.10 Å². The van der Waals surface area contributed by atoms with E-state index in [4.69, 9.17) is 4.74 Å². The molecule has 0 bridgehead atoms. The number of hydrogen-bond donors (Lipinski definition) is 2. The number of aromatic amines is 1. The van der Waals surface area contributed by atoms with Crippen LogP contribution < -0.4 is 15.7 Å². The number of H-pyrrole nitrogens is 1. The van der Waals surface area contributed by atoms with E-state index in [-0.39, 0.29) is 5.56 Å². The molecule has 3 rings (SSSR count). The van der Waals surface area contributed by atoms with E-state index in [0.29, 0.717) is 18.2 Å². The van der Waals surface area contributed by atoms with Crippen molar-refractivity contribution in [2.24, 2.45) is 5.10 Å². The van der Waals surface area contributed by atoms with Crippen molar-refractivity contribution in [2.75, 3.05) is 5.43 Å². The first-order chi connectivity index (χ1) is 12.6. The Kier molecular flexibility index (Phi) is 5.43. The number of ether oxygens (including phenoxy) is 1. The molecule has 0 unspecified atom stereocenters. The minimum atomic E-state index is -0.225. The number of aryl methyl sites for hydroxylation is 2. The Morgan fingerprint density at radius 3 is 2.69 bits per heavy atom. The third kappa shape index (κ3) is 4.80. The summed E-state index contributed by atoms with van der Waals surface area (Å²) in [7, 11) is 0. The minimum absolute atomic E-state index is 0.225. The van der Waals surface area contributed by atoms with E-state index in [1.807, 2.05) is 36.4 Å². The molecule has 0 saturated heterocycles. The molecule has 0 aliphatic carbocycles. The number of aromatic nitrogens is 2. The molecule has 26 heavy (non-hydrogen) atoms. The summed E-state index contributed by atoms with van der Waals surface area (Å²) >= 11 is 0. The minimum Gasteiger partial charge on any atom is -0.488 e. The second-order valence-corrected chi connectivity index (χ2v) is 5.92. The second-order valence-electron chi connectivity index (χ2n) is 5.92. The number of para-hydroxylation sites is 1. The smallest absolute Gasteiger partial charge is 0.252 e. The summed E-state index contributed by atoms with van der Waals surface area (Å²) in [6.45, 7) is 4.28. The maximum atomic E-state index is 11.4. The van der Waals surface area contributed by atoms with Crippen LogP contribution in [0.4, 0.5) is 5.95 Å². The van der Waals surface area contributed by atoms with Crippen LogP contribution in [0.2, 0.25) is 0 Å². The maximum Gasteiger partial charge on any atom is 0.252 e. The van der Waals surface area contributed by atoms with Gasteiger partial charge < -0.3 is 4.74 Å². The van der Waals surface area contributed by atoms with E-state index in [1.165, 1.54) is 11.6 Å². The van der Waals surface area contributed by atoms with E-state index in [0.717, 1.165) is 16.9 Å². The molecule has 0 aliphatic rings. The van der Waals surface area contributed by atoms with Gasteiger partial charge in [0.05, 0.1) is 6.21 Å². The molecule has 3 aromatic rings. The van der Waals surface area contributed by atoms with Gasteiger partial charge in [0.2, 0.25) is 5.95 Å². The third-order valence-electron chi connectivity index (χ3n) is 3.68. The van der Waals surface area contributed by atoms with Crippen LogP contribution in [0.3, 0.4) is 0 Å². The fourth-order valence-electron chi connectivity index (χ4n) is 2.36. The topological polar surface area (TPSA) is 79.4 Å². The molecule has 0 saturated carbocycles. The van der Waals surface area contributed by atoms with E-state index in [2.05, 4.69) is 39.6 Å². The zero-order chi connectivity index (χ0) is 18.4. The zero-order valence-corrected chi connectivity index (χ0v) is 14.7. The highest BCUT2D eigenvalue weighted by atomic mass is 16.5. The quantitative estimate of drug-likeness (QED) is 0.528. The first-order valence-electron chi connectivity index (χ1n) is 8.24. The number of nitrogens with zero attached hydrogens (tertiary/aromatic N) is 2. The number of rotatable bonds is 6. The summed E-state index contributed by atoms with van der Waals surface area (Å²) < 4.78 is 5.91. The van der Waals surface area contributed by atoms with Gasteiger partial charge in [-0.1, -0.05) is 42.0 Å². The average molecular weight is 348 g/mol. The zero-order valence-electron chi connectivity index (χ0n) is 14.7. The SMILES string of the molecule is Cc1ccc(COc2ccccc2/C=N\Nc2nc(C)cc(=O)[nH]2)cc1. The van der Waals surface area contributed by atoms with Gasteiger partial charge >= 0.3 is 0 Å². The van der Waals surface area contributed by atoms with E-state index < -0.39 is 0 Å². The monoisotopic (exact) mass is 348 g/mol. The second kappa shape index (κ2) is 8.11. The molecular weight excluding hydrogens is 328 g/mol. The Bertz CT molecular complexity index is 962. The molecule has 0 radical (unpaired) electrons. The van der Waals surface area contributed by atoms with Crippen LogP contribution in [0.15, 0.2) is 64.5 Å². The summed E-state index contributed by atoms with van der Waals surface area (Å²) in [5.41, 5.74) is 6.26. The van der Waals surface area contributed by atoms with Gasteiger partial charge in [-0.15, -0.1) is 0 Å². The highest BCUT2D eigenvalue weighted by Gasteiger charge is 2.02. The first kappa shape index (κ1) is 17.4. The fraction of sp³-hybridized carbons (Fsp3) is 0.150. The van der Waals surface area contributed by atoms with Crippen LogP contribution in [0.1, 0.15) is 22.4 Å². The lowest BCUT2D eigenvalue weighted by atomic mass is 10.1. The predicted molar refractivity (Wildman–Crippen MR) is 103 cm³/mol. The van der Waals surface area contributed by atoms with Gasteiger partial charge in [0.25, 0.3) is 5.56 Å². The van der Waals surface area contributed by atoms with Gasteiger partial charge in [-0.05, 0) is 31.5 Å². The molecule has 0 amide bonds. The molecule has 2 N–H and O–H groups in total. The normalized spacial score (nSPS) is 10.8. The Morgan fingerprint density at radius 1 is 1.15 bits per heavy atom. The Balaban J connectivity index is 1.68. The molecular formula is C20H20N4O2. The molecule has 0 spiro atoms. The van der Waals surface area contributed by atoms with E-state index in [9.17, 15) is 4.79 Å². The summed E-state index contributed by atoms with van der Waals surface area (Å²) in [4.78, 5) is 18.2. The Labute approximate surface area is 151 Å². The van der Waals surface area contributed by atoms with Crippen LogP contribution in [0.5, 0.6) is 5.75 Å². The molecule has 2 aromatic carbocycles. The molecule has 1 aromatic heterocycles. The summed E-state index contributed by atoms with van der Waals surface area (Å²) in [5, 5.41) is 4.13. The Morgan fingerprint density at radius 2 is 1.92 bits per heavy atom. The summed E-state index contributed by atoms with van der Waals surface area (Å²) in [6, 6.07) is 17.3. The van der Waals surface area contributed by atoms with Crippen molar-refractivity contribution in [1.82, 2.24) is 9.97 Å². The number of hydrazone groups is 1. The van der Waals surface area contributed by atoms with Crippen LogP contribution >= 0.6 is 0 Å². The average Bonchev–Trinajstić information content (AvgIpc) is 2.61. The molecule has 6 heteroatoms. The molecule has 132 valence electrons. The first-order valence-corrected chi connectivity index (χ1v) is 8.24. The van der Waals surface area contributed by atoms with Crippen molar-refractivity contribution in [2.45, 2.75) is 20.5 Å². The van der Waals surface area contributed by atoms with Gasteiger partial charge in [0.1, 0.15) is 12.4 Å². The van der Waals surface area contributed by atoms with Crippen LogP contribution in [-0.2, 0) is 6.61 Å². The van der Waals surface area contributed by atoms with Crippen molar-refractivity contribution in [1.29, 1.82) is 0 Å². The van der Waals surface area contributed by atoms with Crippen molar-refractivity contribution >= 4 is 12.2 Å². The van der Waals surface area contributed by atoms with Gasteiger partial charge in [-0.3, -0.25) is 9.78 Å². The van der Waals surface area contributed by atoms with Crippen LogP contribution in [0.25, 0.3) is 0 Å². The molecule has 1 heterocycles. The van der Waals surface area contributed by atoms with Crippen LogP contribution in [-0.4, -0.2) is 16.2 Å². The highest BCUT2D eigenvalue weighted by molar-refractivity contribution is 5.83. The van der Waals surface area contributed by atoms with Gasteiger partial charge in [0, 0.05) is 17.3 Å². The van der Waals surface area contributed by atoms with E-state index >= 15 is 0 Å². The summed E-state index contributed by atoms with van der Waals surface area (Å²) in [6.07, 6.45) is 1.63. The largest absolute Gasteiger partial charge is 0.488 e. The third-order valence-corrected chi connectivity index (χ3v) is 3.68. The van der Waals surface area contributed by atoms with Crippen molar-refractivity contribution < 1.29 is 4.74 Å². The maximum absolute atomic E-state index is 11.4. The molecule has 0 fully saturated rings. The lowest BCUT2D eigenvalue weighted by Crippen LogP contribution is -2.10. The van der Waals surface area contributed by atoms with Gasteiger partial charge in [0.15, 0.2) is 0 Å². The lowest BCUT2D eigenvalue weighted by Gasteiger charge is -2.09. The molecule has 6 nitrogen and oxygen atoms in total. The fourth-order valence-corrected chi connectivity index (χ4v) is 2.36. The molecule has 0 aliphatic heterocycles. The number of benzene rings is 2. The summed E-state index contributed by atoms with van der Waals surface area (Å²) in [5.74, 6) is 1.02. The van der Waals surface area contributed by atoms with Gasteiger partial charge in [-0.25, -0.2) is 10.4 Å². The van der Waals surface area contributed by atoms with Crippen molar-refractivity contribution in [3.8, 4) is 5.75 Å². The van der Waals surface area contributed by atoms with Crippen molar-refractivity contribution in [3.63, 3.8) is 0 Å².